The molecule has 2 N–H and O–H groups in total. The zero-order valence-electron chi connectivity index (χ0n) is 11.2. The maximum atomic E-state index is 11.7. The highest BCUT2D eigenvalue weighted by molar-refractivity contribution is 5.94. The van der Waals surface area contributed by atoms with Gasteiger partial charge in [0.1, 0.15) is 0 Å². The van der Waals surface area contributed by atoms with E-state index in [4.69, 9.17) is 0 Å². The summed E-state index contributed by atoms with van der Waals surface area (Å²) in [6.45, 7) is 3.80. The molecule has 1 aromatic rings. The van der Waals surface area contributed by atoms with Crippen molar-refractivity contribution in [3.8, 4) is 0 Å². The van der Waals surface area contributed by atoms with E-state index in [1.165, 1.54) is 5.56 Å². The molecule has 0 atom stereocenters. The lowest BCUT2D eigenvalue weighted by Crippen LogP contribution is -2.26. The van der Waals surface area contributed by atoms with Gasteiger partial charge in [0.05, 0.1) is 0 Å². The van der Waals surface area contributed by atoms with Gasteiger partial charge in [-0.25, -0.2) is 0 Å². The van der Waals surface area contributed by atoms with Crippen LogP contribution in [0.5, 0.6) is 0 Å². The Morgan fingerprint density at radius 2 is 1.83 bits per heavy atom. The largest absolute Gasteiger partial charge is 0.352 e. The van der Waals surface area contributed by atoms with Crippen molar-refractivity contribution in [1.29, 1.82) is 0 Å². The summed E-state index contributed by atoms with van der Waals surface area (Å²) in [6, 6.07) is 7.87. The van der Waals surface area contributed by atoms with Crippen LogP contribution in [0, 0.1) is 0 Å². The first kappa shape index (κ1) is 16.9. The van der Waals surface area contributed by atoms with Crippen LogP contribution >= 0.6 is 12.4 Å². The van der Waals surface area contributed by atoms with Crippen LogP contribution in [0.1, 0.15) is 35.7 Å². The van der Waals surface area contributed by atoms with Gasteiger partial charge in [-0.3, -0.25) is 4.79 Å². The van der Waals surface area contributed by atoms with Crippen molar-refractivity contribution in [2.45, 2.75) is 26.2 Å². The third-order valence-corrected chi connectivity index (χ3v) is 2.64. The first-order chi connectivity index (χ1) is 8.27. The Balaban J connectivity index is 0.00000289. The van der Waals surface area contributed by atoms with Crippen LogP contribution in [0.2, 0.25) is 0 Å². The van der Waals surface area contributed by atoms with E-state index in [9.17, 15) is 4.79 Å². The van der Waals surface area contributed by atoms with Crippen LogP contribution in [-0.4, -0.2) is 26.0 Å². The lowest BCUT2D eigenvalue weighted by Gasteiger charge is -2.05. The summed E-state index contributed by atoms with van der Waals surface area (Å²) in [7, 11) is 1.91. The summed E-state index contributed by atoms with van der Waals surface area (Å²) in [6.07, 6.45) is 3.16. The highest BCUT2D eigenvalue weighted by Crippen LogP contribution is 2.06. The number of carbonyl (C=O) groups excluding carboxylic acids is 1. The van der Waals surface area contributed by atoms with E-state index in [2.05, 4.69) is 17.6 Å². The lowest BCUT2D eigenvalue weighted by atomic mass is 10.1. The van der Waals surface area contributed by atoms with E-state index in [1.54, 1.807) is 0 Å². The Bertz CT molecular complexity index is 338. The quantitative estimate of drug-likeness (QED) is 0.747. The van der Waals surface area contributed by atoms with Crippen LogP contribution < -0.4 is 10.6 Å². The van der Waals surface area contributed by atoms with Crippen molar-refractivity contribution < 1.29 is 4.79 Å². The second kappa shape index (κ2) is 9.92. The molecule has 0 bridgehead atoms. The SMILES string of the molecule is CCCc1ccc(C(=O)NCCCNC)cc1.Cl. The Morgan fingerprint density at radius 1 is 1.17 bits per heavy atom. The lowest BCUT2D eigenvalue weighted by molar-refractivity contribution is 0.0953. The van der Waals surface area contributed by atoms with Gasteiger partial charge in [-0.05, 0) is 44.1 Å². The molecular formula is C14H23ClN2O. The summed E-state index contributed by atoms with van der Waals surface area (Å²) in [5, 5.41) is 5.96. The van der Waals surface area contributed by atoms with Gasteiger partial charge in [0.25, 0.3) is 5.91 Å². The van der Waals surface area contributed by atoms with Gasteiger partial charge in [0.15, 0.2) is 0 Å². The Labute approximate surface area is 116 Å². The second-order valence-electron chi connectivity index (χ2n) is 4.16. The fourth-order valence-corrected chi connectivity index (χ4v) is 1.68. The van der Waals surface area contributed by atoms with E-state index < -0.39 is 0 Å². The molecule has 0 radical (unpaired) electrons. The van der Waals surface area contributed by atoms with Crippen LogP contribution in [0.4, 0.5) is 0 Å². The van der Waals surface area contributed by atoms with Crippen molar-refractivity contribution in [1.82, 2.24) is 10.6 Å². The standard InChI is InChI=1S/C14H22N2O.ClH/c1-3-5-12-6-8-13(9-7-12)14(17)16-11-4-10-15-2;/h6-9,15H,3-5,10-11H2,1-2H3,(H,16,17);1H. The number of aryl methyl sites for hydroxylation is 1. The summed E-state index contributed by atoms with van der Waals surface area (Å²) in [5.74, 6) is 0.0177. The third-order valence-electron chi connectivity index (χ3n) is 2.64. The van der Waals surface area contributed by atoms with Crippen molar-refractivity contribution in [2.75, 3.05) is 20.1 Å². The van der Waals surface area contributed by atoms with Crippen LogP contribution in [0.15, 0.2) is 24.3 Å². The van der Waals surface area contributed by atoms with Gasteiger partial charge in [-0.2, -0.15) is 0 Å². The molecule has 0 aromatic heterocycles. The number of benzene rings is 1. The molecule has 0 unspecified atom stereocenters. The number of amides is 1. The van der Waals surface area contributed by atoms with E-state index in [1.807, 2.05) is 31.3 Å². The molecule has 0 aliphatic heterocycles. The van der Waals surface area contributed by atoms with E-state index in [0.29, 0.717) is 0 Å². The molecule has 0 aliphatic rings. The highest BCUT2D eigenvalue weighted by Gasteiger charge is 2.03. The van der Waals surface area contributed by atoms with Gasteiger partial charge >= 0.3 is 0 Å². The number of carbonyl (C=O) groups is 1. The van der Waals surface area contributed by atoms with Crippen LogP contribution in [0.25, 0.3) is 0 Å². The number of hydrogen-bond donors (Lipinski definition) is 2. The monoisotopic (exact) mass is 270 g/mol. The molecule has 0 heterocycles. The number of nitrogens with one attached hydrogen (secondary N) is 2. The van der Waals surface area contributed by atoms with E-state index in [0.717, 1.165) is 37.9 Å². The molecule has 0 saturated carbocycles. The average molecular weight is 271 g/mol. The fraction of sp³-hybridized carbons (Fsp3) is 0.500. The molecule has 0 saturated heterocycles. The fourth-order valence-electron chi connectivity index (χ4n) is 1.68. The molecule has 18 heavy (non-hydrogen) atoms. The second-order valence-corrected chi connectivity index (χ2v) is 4.16. The highest BCUT2D eigenvalue weighted by atomic mass is 35.5. The maximum absolute atomic E-state index is 11.7. The van der Waals surface area contributed by atoms with E-state index in [-0.39, 0.29) is 18.3 Å². The Kier molecular flexibility index (Phi) is 9.33. The molecule has 3 nitrogen and oxygen atoms in total. The number of halogens is 1. The first-order valence-corrected chi connectivity index (χ1v) is 6.29. The summed E-state index contributed by atoms with van der Waals surface area (Å²) < 4.78 is 0. The number of rotatable bonds is 7. The molecular weight excluding hydrogens is 248 g/mol. The summed E-state index contributed by atoms with van der Waals surface area (Å²) >= 11 is 0. The van der Waals surface area contributed by atoms with Gasteiger partial charge in [0, 0.05) is 12.1 Å². The van der Waals surface area contributed by atoms with Gasteiger partial charge in [-0.15, -0.1) is 12.4 Å². The summed E-state index contributed by atoms with van der Waals surface area (Å²) in [4.78, 5) is 11.7. The maximum Gasteiger partial charge on any atom is 0.251 e. The molecule has 1 aromatic carbocycles. The van der Waals surface area contributed by atoms with Gasteiger partial charge in [0.2, 0.25) is 0 Å². The summed E-state index contributed by atoms with van der Waals surface area (Å²) in [5.41, 5.74) is 2.04. The van der Waals surface area contributed by atoms with Crippen molar-refractivity contribution >= 4 is 18.3 Å². The molecule has 102 valence electrons. The minimum Gasteiger partial charge on any atom is -0.352 e. The predicted molar refractivity (Wildman–Crippen MR) is 78.6 cm³/mol. The average Bonchev–Trinajstić information content (AvgIpc) is 2.36. The minimum absolute atomic E-state index is 0. The molecule has 0 spiro atoms. The minimum atomic E-state index is 0. The van der Waals surface area contributed by atoms with Crippen molar-refractivity contribution in [3.05, 3.63) is 35.4 Å². The number of hydrogen-bond acceptors (Lipinski definition) is 2. The Morgan fingerprint density at radius 3 is 2.39 bits per heavy atom. The van der Waals surface area contributed by atoms with Crippen molar-refractivity contribution in [2.24, 2.45) is 0 Å². The first-order valence-electron chi connectivity index (χ1n) is 6.29. The third kappa shape index (κ3) is 6.03. The molecule has 0 aliphatic carbocycles. The van der Waals surface area contributed by atoms with E-state index >= 15 is 0 Å². The topological polar surface area (TPSA) is 41.1 Å². The molecule has 1 rings (SSSR count). The van der Waals surface area contributed by atoms with Crippen LogP contribution in [0.3, 0.4) is 0 Å². The molecule has 1 amide bonds. The smallest absolute Gasteiger partial charge is 0.251 e. The normalized spacial score (nSPS) is 9.67. The predicted octanol–water partition coefficient (Wildman–Crippen LogP) is 2.40. The van der Waals surface area contributed by atoms with Gasteiger partial charge in [-0.1, -0.05) is 25.5 Å². The zero-order chi connectivity index (χ0) is 12.5. The molecule has 0 fully saturated rings. The van der Waals surface area contributed by atoms with Gasteiger partial charge < -0.3 is 10.6 Å². The van der Waals surface area contributed by atoms with Crippen molar-refractivity contribution in [3.63, 3.8) is 0 Å². The zero-order valence-corrected chi connectivity index (χ0v) is 12.0. The van der Waals surface area contributed by atoms with Crippen LogP contribution in [-0.2, 0) is 6.42 Å². The Hall–Kier alpha value is -1.06. The molecule has 4 heteroatoms.